The van der Waals surface area contributed by atoms with Gasteiger partial charge in [-0.3, -0.25) is 9.10 Å². The van der Waals surface area contributed by atoms with E-state index >= 15 is 0 Å². The van der Waals surface area contributed by atoms with E-state index in [4.69, 9.17) is 15.2 Å². The summed E-state index contributed by atoms with van der Waals surface area (Å²) in [7, 11) is -0.969. The van der Waals surface area contributed by atoms with Crippen LogP contribution in [0.4, 0.5) is 5.69 Å². The molecule has 0 atom stereocenters. The average Bonchev–Trinajstić information content (AvgIpc) is 2.59. The fourth-order valence-electron chi connectivity index (χ4n) is 1.99. The monoisotopic (exact) mass is 350 g/mol. The van der Waals surface area contributed by atoms with Crippen LogP contribution in [0.1, 0.15) is 0 Å². The number of hydrogen-bond acceptors (Lipinski definition) is 5. The molecule has 7 nitrogen and oxygen atoms in total. The van der Waals surface area contributed by atoms with Crippen molar-refractivity contribution in [3.8, 4) is 11.5 Å². The smallest absolute Gasteiger partial charge is 0.264 e. The zero-order chi connectivity index (χ0) is 17.7. The van der Waals surface area contributed by atoms with Crippen LogP contribution in [0.15, 0.2) is 53.4 Å². The predicted molar refractivity (Wildman–Crippen MR) is 89.7 cm³/mol. The summed E-state index contributed by atoms with van der Waals surface area (Å²) in [6.07, 6.45) is 0. The highest BCUT2D eigenvalue weighted by Gasteiger charge is 2.23. The highest BCUT2D eigenvalue weighted by Crippen LogP contribution is 2.29. The van der Waals surface area contributed by atoms with E-state index in [1.54, 1.807) is 30.3 Å². The summed E-state index contributed by atoms with van der Waals surface area (Å²) in [4.78, 5) is 10.8. The molecule has 0 aromatic heterocycles. The SMILES string of the molecule is COc1cc(OCC(N)=O)cc(S(=O)(=O)N(C)c2ccccc2)c1. The summed E-state index contributed by atoms with van der Waals surface area (Å²) >= 11 is 0. The van der Waals surface area contributed by atoms with Crippen LogP contribution in [0, 0.1) is 0 Å². The van der Waals surface area contributed by atoms with E-state index in [1.165, 1.54) is 32.4 Å². The summed E-state index contributed by atoms with van der Waals surface area (Å²) in [5.74, 6) is -0.200. The standard InChI is InChI=1S/C16H18N2O5S/c1-18(12-6-4-3-5-7-12)24(20,21)15-9-13(22-2)8-14(10-15)23-11-16(17)19/h3-10H,11H2,1-2H3,(H2,17,19). The topological polar surface area (TPSA) is 98.9 Å². The molecule has 8 heteroatoms. The first-order chi connectivity index (χ1) is 11.3. The maximum Gasteiger partial charge on any atom is 0.264 e. The molecule has 0 aliphatic heterocycles. The number of carbonyl (C=O) groups excluding carboxylic acids is 1. The Morgan fingerprint density at radius 1 is 1.12 bits per heavy atom. The molecule has 2 rings (SSSR count). The summed E-state index contributed by atoms with van der Waals surface area (Å²) < 4.78 is 37.1. The third-order valence-corrected chi connectivity index (χ3v) is 5.01. The van der Waals surface area contributed by atoms with Crippen molar-refractivity contribution < 1.29 is 22.7 Å². The van der Waals surface area contributed by atoms with Crippen LogP contribution in [0.3, 0.4) is 0 Å². The van der Waals surface area contributed by atoms with Crippen molar-refractivity contribution in [1.82, 2.24) is 0 Å². The van der Waals surface area contributed by atoms with Crippen molar-refractivity contribution in [2.75, 3.05) is 25.1 Å². The molecule has 0 saturated heterocycles. The molecular weight excluding hydrogens is 332 g/mol. The highest BCUT2D eigenvalue weighted by molar-refractivity contribution is 7.92. The number of ether oxygens (including phenoxy) is 2. The fourth-order valence-corrected chi connectivity index (χ4v) is 3.23. The zero-order valence-electron chi connectivity index (χ0n) is 13.3. The number of nitrogens with two attached hydrogens (primary N) is 1. The van der Waals surface area contributed by atoms with Gasteiger partial charge in [-0.2, -0.15) is 0 Å². The number of para-hydroxylation sites is 1. The fraction of sp³-hybridized carbons (Fsp3) is 0.188. The Labute approximate surface area is 140 Å². The van der Waals surface area contributed by atoms with Crippen molar-refractivity contribution in [2.45, 2.75) is 4.90 Å². The summed E-state index contributed by atoms with van der Waals surface area (Å²) in [6, 6.07) is 12.8. The second kappa shape index (κ2) is 7.22. The largest absolute Gasteiger partial charge is 0.497 e. The number of hydrogen-bond donors (Lipinski definition) is 1. The molecule has 0 heterocycles. The minimum absolute atomic E-state index is 0.0207. The molecule has 2 N–H and O–H groups in total. The second-order valence-corrected chi connectivity index (χ2v) is 6.88. The Morgan fingerprint density at radius 3 is 2.33 bits per heavy atom. The van der Waals surface area contributed by atoms with Crippen molar-refractivity contribution in [1.29, 1.82) is 0 Å². The molecule has 24 heavy (non-hydrogen) atoms. The number of primary amides is 1. The van der Waals surface area contributed by atoms with Crippen molar-refractivity contribution >= 4 is 21.6 Å². The van der Waals surface area contributed by atoms with Crippen LogP contribution in [0.5, 0.6) is 11.5 Å². The van der Waals surface area contributed by atoms with Gasteiger partial charge in [-0.1, -0.05) is 18.2 Å². The van der Waals surface area contributed by atoms with Crippen molar-refractivity contribution in [2.24, 2.45) is 5.73 Å². The van der Waals surface area contributed by atoms with Gasteiger partial charge >= 0.3 is 0 Å². The minimum atomic E-state index is -3.83. The van der Waals surface area contributed by atoms with Gasteiger partial charge < -0.3 is 15.2 Å². The van der Waals surface area contributed by atoms with Gasteiger partial charge in [0.25, 0.3) is 15.9 Å². The third kappa shape index (κ3) is 3.96. The highest BCUT2D eigenvalue weighted by atomic mass is 32.2. The minimum Gasteiger partial charge on any atom is -0.497 e. The van der Waals surface area contributed by atoms with Crippen LogP contribution < -0.4 is 19.5 Å². The molecule has 2 aromatic rings. The predicted octanol–water partition coefficient (Wildman–Crippen LogP) is 1.38. The Bertz CT molecular complexity index is 822. The van der Waals surface area contributed by atoms with Crippen molar-refractivity contribution in [3.05, 3.63) is 48.5 Å². The van der Waals surface area contributed by atoms with Crippen LogP contribution in [-0.2, 0) is 14.8 Å². The van der Waals surface area contributed by atoms with Crippen LogP contribution >= 0.6 is 0 Å². The van der Waals surface area contributed by atoms with E-state index in [9.17, 15) is 13.2 Å². The van der Waals surface area contributed by atoms with Gasteiger partial charge in [-0.15, -0.1) is 0 Å². The third-order valence-electron chi connectivity index (χ3n) is 3.25. The maximum atomic E-state index is 12.8. The Kier molecular flexibility index (Phi) is 5.30. The molecule has 0 saturated carbocycles. The number of amides is 1. The van der Waals surface area contributed by atoms with Gasteiger partial charge in [-0.25, -0.2) is 8.42 Å². The quantitative estimate of drug-likeness (QED) is 0.813. The molecule has 2 aromatic carbocycles. The van der Waals surface area contributed by atoms with E-state index in [0.29, 0.717) is 5.69 Å². The molecule has 0 radical (unpaired) electrons. The number of benzene rings is 2. The Hall–Kier alpha value is -2.74. The number of carbonyl (C=O) groups is 1. The Balaban J connectivity index is 2.41. The lowest BCUT2D eigenvalue weighted by Crippen LogP contribution is -2.26. The lowest BCUT2D eigenvalue weighted by atomic mass is 10.3. The summed E-state index contributed by atoms with van der Waals surface area (Å²) in [5, 5.41) is 0. The van der Waals surface area contributed by atoms with Gasteiger partial charge in [-0.05, 0) is 12.1 Å². The first kappa shape index (κ1) is 17.6. The molecular formula is C16H18N2O5S. The van der Waals surface area contributed by atoms with Crippen LogP contribution in [0.2, 0.25) is 0 Å². The first-order valence-corrected chi connectivity index (χ1v) is 8.43. The van der Waals surface area contributed by atoms with Gasteiger partial charge in [0.05, 0.1) is 17.7 Å². The molecule has 0 unspecified atom stereocenters. The molecule has 128 valence electrons. The van der Waals surface area contributed by atoms with E-state index < -0.39 is 15.9 Å². The van der Waals surface area contributed by atoms with Crippen LogP contribution in [-0.4, -0.2) is 35.1 Å². The van der Waals surface area contributed by atoms with E-state index in [2.05, 4.69) is 0 Å². The molecule has 0 bridgehead atoms. The number of sulfonamides is 1. The lowest BCUT2D eigenvalue weighted by Gasteiger charge is -2.20. The zero-order valence-corrected chi connectivity index (χ0v) is 14.1. The summed E-state index contributed by atoms with van der Waals surface area (Å²) in [6.45, 7) is -0.360. The molecule has 0 fully saturated rings. The number of methoxy groups -OCH3 is 1. The maximum absolute atomic E-state index is 12.8. The Morgan fingerprint density at radius 2 is 1.75 bits per heavy atom. The van der Waals surface area contributed by atoms with E-state index in [-0.39, 0.29) is 23.0 Å². The van der Waals surface area contributed by atoms with Gasteiger partial charge in [0, 0.05) is 25.2 Å². The van der Waals surface area contributed by atoms with Crippen LogP contribution in [0.25, 0.3) is 0 Å². The number of nitrogens with zero attached hydrogens (tertiary/aromatic N) is 1. The molecule has 0 spiro atoms. The van der Waals surface area contributed by atoms with Gasteiger partial charge in [0.2, 0.25) is 0 Å². The second-order valence-electron chi connectivity index (χ2n) is 4.91. The van der Waals surface area contributed by atoms with Crippen molar-refractivity contribution in [3.63, 3.8) is 0 Å². The van der Waals surface area contributed by atoms with Gasteiger partial charge in [0.1, 0.15) is 11.5 Å². The normalized spacial score (nSPS) is 10.9. The first-order valence-electron chi connectivity index (χ1n) is 6.99. The average molecular weight is 350 g/mol. The molecule has 0 aliphatic carbocycles. The van der Waals surface area contributed by atoms with E-state index in [1.807, 2.05) is 0 Å². The lowest BCUT2D eigenvalue weighted by molar-refractivity contribution is -0.119. The van der Waals surface area contributed by atoms with Gasteiger partial charge in [0.15, 0.2) is 6.61 Å². The molecule has 0 aliphatic rings. The molecule has 1 amide bonds. The number of anilines is 1. The number of rotatable bonds is 7. The summed E-state index contributed by atoms with van der Waals surface area (Å²) in [5.41, 5.74) is 5.55. The van der Waals surface area contributed by atoms with E-state index in [0.717, 1.165) is 4.31 Å².